The van der Waals surface area contributed by atoms with Gasteiger partial charge in [-0.25, -0.2) is 0 Å². The quantitative estimate of drug-likeness (QED) is 0.891. The van der Waals surface area contributed by atoms with Gasteiger partial charge in [-0.05, 0) is 37.2 Å². The van der Waals surface area contributed by atoms with E-state index in [-0.39, 0.29) is 0 Å². The molecule has 1 saturated carbocycles. The first kappa shape index (κ1) is 15.1. The second-order valence-electron chi connectivity index (χ2n) is 6.96. The van der Waals surface area contributed by atoms with Gasteiger partial charge in [-0.1, -0.05) is 50.1 Å². The van der Waals surface area contributed by atoms with Crippen molar-refractivity contribution in [1.82, 2.24) is 10.2 Å². The third-order valence-electron chi connectivity index (χ3n) is 5.38. The van der Waals surface area contributed by atoms with Gasteiger partial charge in [0, 0.05) is 31.7 Å². The van der Waals surface area contributed by atoms with Crippen LogP contribution in [0.4, 0.5) is 0 Å². The summed E-state index contributed by atoms with van der Waals surface area (Å²) < 4.78 is 0. The van der Waals surface area contributed by atoms with Crippen LogP contribution in [-0.2, 0) is 6.42 Å². The molecule has 3 rings (SSSR count). The second kappa shape index (κ2) is 7.42. The van der Waals surface area contributed by atoms with E-state index in [4.69, 9.17) is 0 Å². The van der Waals surface area contributed by atoms with Crippen molar-refractivity contribution in [3.63, 3.8) is 0 Å². The van der Waals surface area contributed by atoms with Crippen molar-refractivity contribution in [3.8, 4) is 0 Å². The fourth-order valence-corrected chi connectivity index (χ4v) is 4.11. The Morgan fingerprint density at radius 2 is 1.90 bits per heavy atom. The lowest BCUT2D eigenvalue weighted by atomic mass is 9.98. The van der Waals surface area contributed by atoms with Crippen LogP contribution >= 0.6 is 0 Å². The molecule has 0 aromatic heterocycles. The average Bonchev–Trinajstić information content (AvgIpc) is 3.02. The molecule has 1 aromatic rings. The van der Waals surface area contributed by atoms with Gasteiger partial charge in [0.15, 0.2) is 0 Å². The van der Waals surface area contributed by atoms with Crippen LogP contribution in [-0.4, -0.2) is 36.6 Å². The third-order valence-corrected chi connectivity index (χ3v) is 5.38. The zero-order valence-electron chi connectivity index (χ0n) is 13.4. The standard InChI is InChI=1S/C19H30N2/c1-2-19-13-20-18(12-16-8-4-3-5-9-16)15-21(19)14-17-10-6-7-11-17/h3-5,8-9,17-20H,2,6-7,10-15H2,1H3. The van der Waals surface area contributed by atoms with Crippen LogP contribution in [0, 0.1) is 5.92 Å². The van der Waals surface area contributed by atoms with Crippen LogP contribution in [0.15, 0.2) is 30.3 Å². The predicted molar refractivity (Wildman–Crippen MR) is 89.5 cm³/mol. The molecule has 0 spiro atoms. The van der Waals surface area contributed by atoms with E-state index in [0.717, 1.165) is 12.0 Å². The van der Waals surface area contributed by atoms with Crippen molar-refractivity contribution in [3.05, 3.63) is 35.9 Å². The first-order valence-corrected chi connectivity index (χ1v) is 8.86. The fraction of sp³-hybridized carbons (Fsp3) is 0.684. The van der Waals surface area contributed by atoms with Crippen LogP contribution in [0.2, 0.25) is 0 Å². The molecular formula is C19H30N2. The highest BCUT2D eigenvalue weighted by Crippen LogP contribution is 2.27. The monoisotopic (exact) mass is 286 g/mol. The van der Waals surface area contributed by atoms with Crippen molar-refractivity contribution in [2.24, 2.45) is 5.92 Å². The lowest BCUT2D eigenvalue weighted by Gasteiger charge is -2.41. The summed E-state index contributed by atoms with van der Waals surface area (Å²) in [6.45, 7) is 6.07. The summed E-state index contributed by atoms with van der Waals surface area (Å²) in [5, 5.41) is 3.78. The molecule has 0 bridgehead atoms. The van der Waals surface area contributed by atoms with E-state index in [0.29, 0.717) is 6.04 Å². The molecule has 1 N–H and O–H groups in total. The minimum atomic E-state index is 0.622. The van der Waals surface area contributed by atoms with Crippen molar-refractivity contribution >= 4 is 0 Å². The van der Waals surface area contributed by atoms with Gasteiger partial charge >= 0.3 is 0 Å². The van der Waals surface area contributed by atoms with Gasteiger partial charge in [0.1, 0.15) is 0 Å². The fourth-order valence-electron chi connectivity index (χ4n) is 4.11. The SMILES string of the molecule is CCC1CNC(Cc2ccccc2)CN1CC1CCCC1. The number of rotatable bonds is 5. The molecule has 2 aliphatic rings. The number of hydrogen-bond donors (Lipinski definition) is 1. The van der Waals surface area contributed by atoms with Gasteiger partial charge in [0.05, 0.1) is 0 Å². The van der Waals surface area contributed by atoms with Crippen LogP contribution in [0.3, 0.4) is 0 Å². The van der Waals surface area contributed by atoms with Gasteiger partial charge in [-0.3, -0.25) is 4.90 Å². The molecule has 2 nitrogen and oxygen atoms in total. The Balaban J connectivity index is 1.57. The van der Waals surface area contributed by atoms with Crippen LogP contribution in [0.1, 0.15) is 44.6 Å². The Morgan fingerprint density at radius 1 is 1.14 bits per heavy atom. The number of nitrogens with zero attached hydrogens (tertiary/aromatic N) is 1. The summed E-state index contributed by atoms with van der Waals surface area (Å²) >= 11 is 0. The van der Waals surface area contributed by atoms with E-state index < -0.39 is 0 Å². The number of piperazine rings is 1. The number of hydrogen-bond acceptors (Lipinski definition) is 2. The van der Waals surface area contributed by atoms with Gasteiger partial charge in [-0.15, -0.1) is 0 Å². The Hall–Kier alpha value is -0.860. The topological polar surface area (TPSA) is 15.3 Å². The Bertz CT molecular complexity index is 411. The molecule has 1 saturated heterocycles. The lowest BCUT2D eigenvalue weighted by molar-refractivity contribution is 0.107. The van der Waals surface area contributed by atoms with Gasteiger partial charge in [0.2, 0.25) is 0 Å². The van der Waals surface area contributed by atoms with Crippen molar-refractivity contribution < 1.29 is 0 Å². The average molecular weight is 286 g/mol. The normalized spacial score (nSPS) is 28.0. The first-order valence-electron chi connectivity index (χ1n) is 8.86. The smallest absolute Gasteiger partial charge is 0.0236 e. The maximum absolute atomic E-state index is 3.78. The van der Waals surface area contributed by atoms with Crippen LogP contribution in [0.5, 0.6) is 0 Å². The first-order chi connectivity index (χ1) is 10.3. The van der Waals surface area contributed by atoms with Gasteiger partial charge < -0.3 is 5.32 Å². The minimum absolute atomic E-state index is 0.622. The zero-order valence-corrected chi connectivity index (χ0v) is 13.4. The Kier molecular flexibility index (Phi) is 5.32. The molecule has 1 aliphatic heterocycles. The van der Waals surface area contributed by atoms with E-state index in [1.54, 1.807) is 0 Å². The molecule has 1 aliphatic carbocycles. The summed E-state index contributed by atoms with van der Waals surface area (Å²) in [7, 11) is 0. The maximum Gasteiger partial charge on any atom is 0.0236 e. The molecule has 2 heteroatoms. The van der Waals surface area contributed by atoms with E-state index in [1.165, 1.54) is 63.7 Å². The molecule has 21 heavy (non-hydrogen) atoms. The summed E-state index contributed by atoms with van der Waals surface area (Å²) in [6, 6.07) is 12.3. The van der Waals surface area contributed by atoms with Crippen LogP contribution in [0.25, 0.3) is 0 Å². The molecule has 0 radical (unpaired) electrons. The molecule has 2 fully saturated rings. The number of nitrogens with one attached hydrogen (secondary N) is 1. The predicted octanol–water partition coefficient (Wildman–Crippen LogP) is 3.47. The third kappa shape index (κ3) is 4.08. The highest BCUT2D eigenvalue weighted by atomic mass is 15.2. The maximum atomic E-state index is 3.78. The molecule has 1 heterocycles. The van der Waals surface area contributed by atoms with Gasteiger partial charge in [0.25, 0.3) is 0 Å². The molecule has 2 unspecified atom stereocenters. The highest BCUT2D eigenvalue weighted by molar-refractivity contribution is 5.16. The summed E-state index contributed by atoms with van der Waals surface area (Å²) in [4.78, 5) is 2.79. The van der Waals surface area contributed by atoms with E-state index in [1.807, 2.05) is 0 Å². The molecule has 1 aromatic carbocycles. The summed E-state index contributed by atoms with van der Waals surface area (Å²) in [5.41, 5.74) is 1.46. The largest absolute Gasteiger partial charge is 0.311 e. The molecule has 2 atom stereocenters. The lowest BCUT2D eigenvalue weighted by Crippen LogP contribution is -2.57. The van der Waals surface area contributed by atoms with Crippen molar-refractivity contribution in [2.75, 3.05) is 19.6 Å². The van der Waals surface area contributed by atoms with E-state index in [2.05, 4.69) is 47.5 Å². The minimum Gasteiger partial charge on any atom is -0.311 e. The molecule has 116 valence electrons. The Labute approximate surface area is 129 Å². The van der Waals surface area contributed by atoms with Crippen molar-refractivity contribution in [1.29, 1.82) is 0 Å². The molecule has 0 amide bonds. The highest BCUT2D eigenvalue weighted by Gasteiger charge is 2.29. The zero-order chi connectivity index (χ0) is 14.5. The van der Waals surface area contributed by atoms with E-state index in [9.17, 15) is 0 Å². The molecular weight excluding hydrogens is 256 g/mol. The number of benzene rings is 1. The van der Waals surface area contributed by atoms with Gasteiger partial charge in [-0.2, -0.15) is 0 Å². The van der Waals surface area contributed by atoms with E-state index >= 15 is 0 Å². The van der Waals surface area contributed by atoms with Crippen LogP contribution < -0.4 is 5.32 Å². The summed E-state index contributed by atoms with van der Waals surface area (Å²) in [5.74, 6) is 0.967. The van der Waals surface area contributed by atoms with Crippen molar-refractivity contribution in [2.45, 2.75) is 57.5 Å². The second-order valence-corrected chi connectivity index (χ2v) is 6.96. The Morgan fingerprint density at radius 3 is 2.62 bits per heavy atom. The summed E-state index contributed by atoms with van der Waals surface area (Å²) in [6.07, 6.45) is 8.28.